The summed E-state index contributed by atoms with van der Waals surface area (Å²) in [6.07, 6.45) is 0.147. The lowest BCUT2D eigenvalue weighted by atomic mass is 10.0. The van der Waals surface area contributed by atoms with Crippen LogP contribution in [0.3, 0.4) is 0 Å². The van der Waals surface area contributed by atoms with Crippen molar-refractivity contribution in [3.05, 3.63) is 29.8 Å². The van der Waals surface area contributed by atoms with Crippen LogP contribution in [0.5, 0.6) is 5.75 Å². The predicted molar refractivity (Wildman–Crippen MR) is 62.3 cm³/mol. The highest BCUT2D eigenvalue weighted by atomic mass is 16.6. The largest absolute Gasteiger partial charge is 0.468 e. The Labute approximate surface area is 100 Å². The minimum Gasteiger partial charge on any atom is -0.468 e. The lowest BCUT2D eigenvalue weighted by molar-refractivity contribution is -0.143. The van der Waals surface area contributed by atoms with Gasteiger partial charge in [-0.25, -0.2) is 0 Å². The van der Waals surface area contributed by atoms with Gasteiger partial charge >= 0.3 is 5.97 Å². The Kier molecular flexibility index (Phi) is 5.45. The topological polar surface area (TPSA) is 81.8 Å². The van der Waals surface area contributed by atoms with Crippen LogP contribution in [-0.4, -0.2) is 24.5 Å². The zero-order valence-corrected chi connectivity index (χ0v) is 9.76. The lowest BCUT2D eigenvalue weighted by Crippen LogP contribution is -2.17. The van der Waals surface area contributed by atoms with Gasteiger partial charge in [-0.15, -0.1) is 0 Å². The maximum absolute atomic E-state index is 11.2. The summed E-state index contributed by atoms with van der Waals surface area (Å²) in [6.45, 7) is 1.74. The molecule has 0 aromatic heterocycles. The zero-order chi connectivity index (χ0) is 12.7. The van der Waals surface area contributed by atoms with E-state index in [0.29, 0.717) is 12.4 Å². The number of benzene rings is 1. The molecule has 0 amide bonds. The van der Waals surface area contributed by atoms with Crippen molar-refractivity contribution < 1.29 is 19.4 Å². The highest BCUT2D eigenvalue weighted by Crippen LogP contribution is 2.18. The normalized spacial score (nSPS) is 11.9. The van der Waals surface area contributed by atoms with Crippen LogP contribution in [-0.2, 0) is 9.53 Å². The van der Waals surface area contributed by atoms with Gasteiger partial charge in [0.15, 0.2) is 6.79 Å². The second-order valence-corrected chi connectivity index (χ2v) is 3.46. The standard InChI is InChI=1S/C12H17NO4/c1-2-16-12(15)7-11(13)9-3-5-10(6-4-9)17-8-14/h3-6,11,14H,2,7-8,13H2,1H3/t11-/m1/s1. The van der Waals surface area contributed by atoms with E-state index in [1.54, 1.807) is 31.2 Å². The van der Waals surface area contributed by atoms with Crippen molar-refractivity contribution in [1.29, 1.82) is 0 Å². The molecule has 0 spiro atoms. The monoisotopic (exact) mass is 239 g/mol. The number of rotatable bonds is 6. The van der Waals surface area contributed by atoms with Gasteiger partial charge in [0.25, 0.3) is 0 Å². The average molecular weight is 239 g/mol. The molecule has 1 atom stereocenters. The SMILES string of the molecule is CCOC(=O)C[C@@H](N)c1ccc(OCO)cc1. The lowest BCUT2D eigenvalue weighted by Gasteiger charge is -2.11. The molecule has 5 nitrogen and oxygen atoms in total. The molecule has 0 fully saturated rings. The van der Waals surface area contributed by atoms with Gasteiger partial charge in [-0.3, -0.25) is 4.79 Å². The van der Waals surface area contributed by atoms with E-state index in [1.807, 2.05) is 0 Å². The fourth-order valence-corrected chi connectivity index (χ4v) is 1.40. The van der Waals surface area contributed by atoms with Gasteiger partial charge in [0, 0.05) is 6.04 Å². The van der Waals surface area contributed by atoms with E-state index in [4.69, 9.17) is 20.3 Å². The molecular weight excluding hydrogens is 222 g/mol. The molecule has 1 rings (SSSR count). The predicted octanol–water partition coefficient (Wildman–Crippen LogP) is 0.968. The van der Waals surface area contributed by atoms with Gasteiger partial charge in [0.2, 0.25) is 0 Å². The molecular formula is C12H17NO4. The number of carbonyl (C=O) groups excluding carboxylic acids is 1. The van der Waals surface area contributed by atoms with Crippen LogP contribution in [0.2, 0.25) is 0 Å². The zero-order valence-electron chi connectivity index (χ0n) is 9.76. The van der Waals surface area contributed by atoms with Gasteiger partial charge in [0.1, 0.15) is 5.75 Å². The number of aliphatic hydroxyl groups excluding tert-OH is 1. The summed E-state index contributed by atoms with van der Waals surface area (Å²) in [5, 5.41) is 8.57. The number of aliphatic hydroxyl groups is 1. The van der Waals surface area contributed by atoms with Crippen LogP contribution in [0.1, 0.15) is 24.9 Å². The van der Waals surface area contributed by atoms with Crippen LogP contribution in [0.25, 0.3) is 0 Å². The Hall–Kier alpha value is -1.59. The molecule has 0 saturated carbocycles. The molecule has 0 aliphatic carbocycles. The van der Waals surface area contributed by atoms with Crippen molar-refractivity contribution in [2.24, 2.45) is 5.73 Å². The molecule has 0 unspecified atom stereocenters. The van der Waals surface area contributed by atoms with Gasteiger partial charge in [-0.2, -0.15) is 0 Å². The summed E-state index contributed by atoms with van der Waals surface area (Å²) in [4.78, 5) is 11.2. The van der Waals surface area contributed by atoms with Crippen LogP contribution in [0.15, 0.2) is 24.3 Å². The number of esters is 1. The minimum absolute atomic E-state index is 0.147. The molecule has 0 bridgehead atoms. The molecule has 1 aromatic rings. The number of hydrogen-bond acceptors (Lipinski definition) is 5. The Balaban J connectivity index is 2.56. The summed E-state index contributed by atoms with van der Waals surface area (Å²) in [7, 11) is 0. The highest BCUT2D eigenvalue weighted by Gasteiger charge is 2.12. The van der Waals surface area contributed by atoms with E-state index in [-0.39, 0.29) is 19.2 Å². The van der Waals surface area contributed by atoms with Crippen LogP contribution in [0, 0.1) is 0 Å². The van der Waals surface area contributed by atoms with Crippen LogP contribution in [0.4, 0.5) is 0 Å². The van der Waals surface area contributed by atoms with Gasteiger partial charge < -0.3 is 20.3 Å². The van der Waals surface area contributed by atoms with Gasteiger partial charge in [0.05, 0.1) is 13.0 Å². The summed E-state index contributed by atoms with van der Waals surface area (Å²) in [5.41, 5.74) is 6.68. The number of ether oxygens (including phenoxy) is 2. The molecule has 0 heterocycles. The molecule has 0 radical (unpaired) electrons. The fraction of sp³-hybridized carbons (Fsp3) is 0.417. The Morgan fingerprint density at radius 2 is 2.06 bits per heavy atom. The summed E-state index contributed by atoms with van der Waals surface area (Å²) < 4.78 is 9.70. The molecule has 1 aromatic carbocycles. The van der Waals surface area contributed by atoms with Crippen LogP contribution < -0.4 is 10.5 Å². The summed E-state index contributed by atoms with van der Waals surface area (Å²) >= 11 is 0. The first-order chi connectivity index (χ1) is 8.17. The molecule has 17 heavy (non-hydrogen) atoms. The second-order valence-electron chi connectivity index (χ2n) is 3.46. The minimum atomic E-state index is -0.391. The third-order valence-corrected chi connectivity index (χ3v) is 2.23. The van der Waals surface area contributed by atoms with E-state index in [9.17, 15) is 4.79 Å². The van der Waals surface area contributed by atoms with E-state index >= 15 is 0 Å². The Morgan fingerprint density at radius 1 is 1.41 bits per heavy atom. The maximum Gasteiger partial charge on any atom is 0.307 e. The summed E-state index contributed by atoms with van der Waals surface area (Å²) in [5.74, 6) is 0.246. The molecule has 0 saturated heterocycles. The molecule has 94 valence electrons. The third kappa shape index (κ3) is 4.42. The molecule has 0 aliphatic heterocycles. The maximum atomic E-state index is 11.2. The van der Waals surface area contributed by atoms with Crippen molar-refractivity contribution in [2.75, 3.05) is 13.4 Å². The van der Waals surface area contributed by atoms with Crippen molar-refractivity contribution in [1.82, 2.24) is 0 Å². The first-order valence-corrected chi connectivity index (χ1v) is 5.42. The van der Waals surface area contributed by atoms with Gasteiger partial charge in [-0.05, 0) is 24.6 Å². The van der Waals surface area contributed by atoms with Crippen molar-refractivity contribution in [2.45, 2.75) is 19.4 Å². The first-order valence-electron chi connectivity index (χ1n) is 5.42. The van der Waals surface area contributed by atoms with Crippen LogP contribution >= 0.6 is 0 Å². The first kappa shape index (κ1) is 13.5. The second kappa shape index (κ2) is 6.88. The summed E-state index contributed by atoms with van der Waals surface area (Å²) in [6, 6.07) is 6.51. The molecule has 3 N–H and O–H groups in total. The van der Waals surface area contributed by atoms with E-state index in [2.05, 4.69) is 0 Å². The van der Waals surface area contributed by atoms with Crippen molar-refractivity contribution in [3.63, 3.8) is 0 Å². The Morgan fingerprint density at radius 3 is 2.59 bits per heavy atom. The number of nitrogens with two attached hydrogens (primary N) is 1. The fourth-order valence-electron chi connectivity index (χ4n) is 1.40. The highest BCUT2D eigenvalue weighted by molar-refractivity contribution is 5.70. The van der Waals surface area contributed by atoms with E-state index < -0.39 is 6.04 Å². The quantitative estimate of drug-likeness (QED) is 0.571. The number of hydrogen-bond donors (Lipinski definition) is 2. The van der Waals surface area contributed by atoms with E-state index in [0.717, 1.165) is 5.56 Å². The number of carbonyl (C=O) groups is 1. The van der Waals surface area contributed by atoms with Crippen molar-refractivity contribution >= 4 is 5.97 Å². The Bertz CT molecular complexity index is 350. The smallest absolute Gasteiger partial charge is 0.307 e. The van der Waals surface area contributed by atoms with Gasteiger partial charge in [-0.1, -0.05) is 12.1 Å². The third-order valence-electron chi connectivity index (χ3n) is 2.23. The molecule has 0 aliphatic rings. The molecule has 5 heteroatoms. The van der Waals surface area contributed by atoms with E-state index in [1.165, 1.54) is 0 Å². The average Bonchev–Trinajstić information content (AvgIpc) is 2.30. The van der Waals surface area contributed by atoms with Crippen molar-refractivity contribution in [3.8, 4) is 5.75 Å².